The van der Waals surface area contributed by atoms with Crippen LogP contribution >= 0.6 is 0 Å². The van der Waals surface area contributed by atoms with Crippen LogP contribution in [0.15, 0.2) is 46.5 Å². The highest BCUT2D eigenvalue weighted by Gasteiger charge is 2.28. The zero-order valence-corrected chi connectivity index (χ0v) is 33.8. The van der Waals surface area contributed by atoms with E-state index in [1.165, 1.54) is 75.5 Å². The first kappa shape index (κ1) is 40.5. The van der Waals surface area contributed by atoms with Crippen molar-refractivity contribution < 1.29 is 26.4 Å². The molecule has 0 spiro atoms. The lowest BCUT2D eigenvalue weighted by Gasteiger charge is -2.15. The number of anilines is 2. The SMILES string of the molecule is CN(C)c1ccc(S(=O)(=O)NC(=O)Cc2c3c(cc4c2CCC4)CCC3)nn1.CN(C)c1ccc(S(N)(=O)=O)nn1.N#COc1c2c(cc3c1CCC3)CCC2. The maximum Gasteiger partial charge on any atom is 0.292 e. The lowest BCUT2D eigenvalue weighted by atomic mass is 9.92. The molecule has 3 N–H and O–H groups in total. The number of aryl methyl sites for hydroxylation is 4. The minimum atomic E-state index is -4.04. The number of amides is 1. The molecule has 2 aromatic carbocycles. The number of ether oxygens (including phenoxy) is 1. The summed E-state index contributed by atoms with van der Waals surface area (Å²) in [7, 11) is -0.646. The third kappa shape index (κ3) is 9.09. The van der Waals surface area contributed by atoms with E-state index in [4.69, 9.17) is 15.1 Å². The zero-order valence-electron chi connectivity index (χ0n) is 32.1. The summed E-state index contributed by atoms with van der Waals surface area (Å²) in [5, 5.41) is 27.8. The van der Waals surface area contributed by atoms with Crippen LogP contribution in [0.2, 0.25) is 0 Å². The molecule has 4 aromatic rings. The number of benzene rings is 2. The minimum Gasteiger partial charge on any atom is -0.387 e. The molecular formula is C39H47N9O6S2. The summed E-state index contributed by atoms with van der Waals surface area (Å²) in [5.74, 6) is 1.50. The molecule has 0 fully saturated rings. The Bertz CT molecular complexity index is 2310. The van der Waals surface area contributed by atoms with Crippen molar-refractivity contribution in [2.24, 2.45) is 5.14 Å². The Morgan fingerprint density at radius 3 is 1.52 bits per heavy atom. The van der Waals surface area contributed by atoms with Crippen LogP contribution in [0.1, 0.15) is 75.8 Å². The summed E-state index contributed by atoms with van der Waals surface area (Å²) >= 11 is 0. The average Bonchev–Trinajstić information content (AvgIpc) is 3.99. The lowest BCUT2D eigenvalue weighted by Crippen LogP contribution is -2.33. The molecule has 0 saturated carbocycles. The van der Waals surface area contributed by atoms with Gasteiger partial charge in [0.1, 0.15) is 5.75 Å². The molecule has 2 aromatic heterocycles. The van der Waals surface area contributed by atoms with Gasteiger partial charge in [-0.15, -0.1) is 25.7 Å². The Labute approximate surface area is 328 Å². The molecule has 0 bridgehead atoms. The Morgan fingerprint density at radius 2 is 1.12 bits per heavy atom. The van der Waals surface area contributed by atoms with Gasteiger partial charge < -0.3 is 14.5 Å². The van der Waals surface area contributed by atoms with Gasteiger partial charge >= 0.3 is 0 Å². The van der Waals surface area contributed by atoms with E-state index in [1.54, 1.807) is 44.1 Å². The molecule has 0 saturated heterocycles. The molecule has 56 heavy (non-hydrogen) atoms. The fourth-order valence-electron chi connectivity index (χ4n) is 7.88. The molecule has 296 valence electrons. The van der Waals surface area contributed by atoms with Crippen LogP contribution in [-0.2, 0) is 82.6 Å². The lowest BCUT2D eigenvalue weighted by molar-refractivity contribution is -0.118. The predicted molar refractivity (Wildman–Crippen MR) is 210 cm³/mol. The third-order valence-electron chi connectivity index (χ3n) is 10.5. The van der Waals surface area contributed by atoms with Crippen LogP contribution in [0.5, 0.6) is 5.75 Å². The second-order valence-corrected chi connectivity index (χ2v) is 17.9. The molecule has 15 nitrogen and oxygen atoms in total. The first-order valence-electron chi connectivity index (χ1n) is 18.6. The van der Waals surface area contributed by atoms with E-state index in [1.807, 2.05) is 6.26 Å². The number of carbonyl (C=O) groups excluding carboxylic acids is 1. The summed E-state index contributed by atoms with van der Waals surface area (Å²) in [6.45, 7) is 0. The van der Waals surface area contributed by atoms with E-state index >= 15 is 0 Å². The number of hydrogen-bond acceptors (Lipinski definition) is 13. The Balaban J connectivity index is 0.000000159. The molecule has 0 radical (unpaired) electrons. The van der Waals surface area contributed by atoms with Gasteiger partial charge in [0.15, 0.2) is 21.7 Å². The number of rotatable bonds is 8. The van der Waals surface area contributed by atoms with Gasteiger partial charge in [-0.25, -0.2) is 18.3 Å². The van der Waals surface area contributed by atoms with Crippen LogP contribution in [-0.4, -0.2) is 71.3 Å². The number of nitrogens with zero attached hydrogens (tertiary/aromatic N) is 7. The van der Waals surface area contributed by atoms with Crippen molar-refractivity contribution >= 4 is 37.6 Å². The molecule has 0 unspecified atom stereocenters. The van der Waals surface area contributed by atoms with Gasteiger partial charge in [0.25, 0.3) is 26.3 Å². The summed E-state index contributed by atoms with van der Waals surface area (Å²) in [6, 6.07) is 10.4. The molecule has 0 aliphatic heterocycles. The fraction of sp³-hybridized carbons (Fsp3) is 0.436. The molecule has 1 amide bonds. The average molecular weight is 802 g/mol. The van der Waals surface area contributed by atoms with Crippen molar-refractivity contribution in [3.63, 3.8) is 0 Å². The number of nitriles is 1. The smallest absolute Gasteiger partial charge is 0.292 e. The van der Waals surface area contributed by atoms with Crippen molar-refractivity contribution in [2.45, 2.75) is 93.5 Å². The molecule has 0 atom stereocenters. The Hall–Kier alpha value is -5.18. The molecule has 2 heterocycles. The van der Waals surface area contributed by atoms with Gasteiger partial charge in [-0.2, -0.15) is 8.42 Å². The second-order valence-electron chi connectivity index (χ2n) is 14.7. The quantitative estimate of drug-likeness (QED) is 0.245. The highest BCUT2D eigenvalue weighted by molar-refractivity contribution is 7.90. The van der Waals surface area contributed by atoms with Crippen LogP contribution in [0.25, 0.3) is 0 Å². The van der Waals surface area contributed by atoms with Gasteiger partial charge in [-0.05, 0) is 151 Å². The van der Waals surface area contributed by atoms with Gasteiger partial charge in [0.05, 0.1) is 6.42 Å². The van der Waals surface area contributed by atoms with Crippen molar-refractivity contribution in [1.82, 2.24) is 25.1 Å². The van der Waals surface area contributed by atoms with E-state index in [9.17, 15) is 21.6 Å². The fourth-order valence-corrected chi connectivity index (χ4v) is 9.16. The molecular weight excluding hydrogens is 755 g/mol. The van der Waals surface area contributed by atoms with Gasteiger partial charge in [-0.3, -0.25) is 4.79 Å². The summed E-state index contributed by atoms with van der Waals surface area (Å²) in [6.07, 6.45) is 15.0. The molecule has 17 heteroatoms. The van der Waals surface area contributed by atoms with Gasteiger partial charge in [0, 0.05) is 28.2 Å². The molecule has 4 aliphatic rings. The van der Waals surface area contributed by atoms with Crippen molar-refractivity contribution in [3.8, 4) is 12.0 Å². The number of aromatic nitrogens is 4. The van der Waals surface area contributed by atoms with Gasteiger partial charge in [-0.1, -0.05) is 12.1 Å². The van der Waals surface area contributed by atoms with Gasteiger partial charge in [0.2, 0.25) is 5.91 Å². The summed E-state index contributed by atoms with van der Waals surface area (Å²) in [4.78, 5) is 16.1. The standard InChI is InChI=1S/C20H24N4O3S.C13H13NO.C6H10N4O2S/c1-24(2)18-9-10-20(22-21-18)28(26,27)23-19(25)12-17-15-7-3-5-13(15)11-14-6-4-8-16(14)17;14-8-15-13-11-5-1-3-9(11)7-10-4-2-6-12(10)13;1-10(2)5-3-4-6(9-8-5)13(7,11)12/h9-11H,3-8,12H2,1-2H3,(H,23,25);7H,1-6H2;3-4H,1-2H3,(H2,7,11,12). The first-order valence-corrected chi connectivity index (χ1v) is 21.7. The Kier molecular flexibility index (Phi) is 12.2. The number of nitrogens with one attached hydrogen (secondary N) is 1. The van der Waals surface area contributed by atoms with E-state index in [0.29, 0.717) is 11.6 Å². The van der Waals surface area contributed by atoms with E-state index in [-0.39, 0.29) is 16.5 Å². The van der Waals surface area contributed by atoms with Crippen LogP contribution < -0.4 is 24.4 Å². The Morgan fingerprint density at radius 1 is 0.696 bits per heavy atom. The number of sulfonamides is 2. The number of nitrogens with two attached hydrogens (primary N) is 1. The number of carbonyl (C=O) groups is 1. The highest BCUT2D eigenvalue weighted by atomic mass is 32.2. The monoisotopic (exact) mass is 801 g/mol. The number of hydrogen-bond donors (Lipinski definition) is 2. The first-order chi connectivity index (χ1) is 26.7. The third-order valence-corrected chi connectivity index (χ3v) is 12.5. The van der Waals surface area contributed by atoms with Crippen LogP contribution in [0.4, 0.5) is 11.6 Å². The van der Waals surface area contributed by atoms with Crippen LogP contribution in [0.3, 0.4) is 0 Å². The molecule has 4 aliphatic carbocycles. The largest absolute Gasteiger partial charge is 0.387 e. The normalized spacial score (nSPS) is 14.8. The van der Waals surface area contributed by atoms with Crippen molar-refractivity contribution in [3.05, 3.63) is 86.5 Å². The number of primary sulfonamides is 1. The van der Waals surface area contributed by atoms with E-state index in [2.05, 4.69) is 37.2 Å². The predicted octanol–water partition coefficient (Wildman–Crippen LogP) is 3.28. The van der Waals surface area contributed by atoms with Crippen molar-refractivity contribution in [1.29, 1.82) is 5.26 Å². The minimum absolute atomic E-state index is 0.0912. The number of fused-ring (bicyclic) bond motifs is 4. The second kappa shape index (κ2) is 16.9. The topological polar surface area (TPSA) is 214 Å². The maximum atomic E-state index is 12.6. The van der Waals surface area contributed by atoms with Crippen molar-refractivity contribution in [2.75, 3.05) is 38.0 Å². The molecule has 8 rings (SSSR count). The maximum absolute atomic E-state index is 12.6. The highest BCUT2D eigenvalue weighted by Crippen LogP contribution is 2.40. The zero-order chi connectivity index (χ0) is 40.2. The van der Waals surface area contributed by atoms with Crippen LogP contribution in [0, 0.1) is 11.5 Å². The van der Waals surface area contributed by atoms with E-state index < -0.39 is 26.0 Å². The van der Waals surface area contributed by atoms with E-state index in [0.717, 1.165) is 75.5 Å². The summed E-state index contributed by atoms with van der Waals surface area (Å²) in [5.41, 5.74) is 11.7. The summed E-state index contributed by atoms with van der Waals surface area (Å²) < 4.78 is 54.0.